The van der Waals surface area contributed by atoms with Crippen molar-refractivity contribution in [1.82, 2.24) is 0 Å². The molecule has 23 heavy (non-hydrogen) atoms. The van der Waals surface area contributed by atoms with Crippen LogP contribution in [0.1, 0.15) is 27.2 Å². The average molecular weight is 314 g/mol. The van der Waals surface area contributed by atoms with Gasteiger partial charge in [-0.25, -0.2) is 0 Å². The first-order valence-corrected chi connectivity index (χ1v) is 7.57. The molecule has 3 heterocycles. The summed E-state index contributed by atoms with van der Waals surface area (Å²) in [6.07, 6.45) is 4.01. The summed E-state index contributed by atoms with van der Waals surface area (Å²) >= 11 is 0. The summed E-state index contributed by atoms with van der Waals surface area (Å²) in [5.74, 6) is 10.2. The van der Waals surface area contributed by atoms with E-state index in [0.29, 0.717) is 12.2 Å². The van der Waals surface area contributed by atoms with Crippen LogP contribution in [0.25, 0.3) is 0 Å². The summed E-state index contributed by atoms with van der Waals surface area (Å²) in [6.45, 7) is 5.64. The number of hydrogen-bond donors (Lipinski definition) is 0. The third-order valence-electron chi connectivity index (χ3n) is 3.66. The van der Waals surface area contributed by atoms with Gasteiger partial charge in [0.05, 0.1) is 6.26 Å². The smallest absolute Gasteiger partial charge is 0.321 e. The van der Waals surface area contributed by atoms with Crippen LogP contribution in [0.3, 0.4) is 0 Å². The standard InChI is InChI=1S/C18H18O5/c1-4-5-6-7-8-13-16-17(22-16)18(23-13)14(9-10-20-18)21-15(19)11-12(2)3/h8-10,12,14,16-17H,11H2,1-3H3/b13-8-/t14-,16+,17+,18+/m0/s1. The van der Waals surface area contributed by atoms with E-state index in [-0.39, 0.29) is 24.1 Å². The SMILES string of the molecule is CC#CC#C/C=C1\O[C@@]2(OC=C[C@@H]2OC(=O)CC(C)C)[C@@H]2O[C@H]12. The fourth-order valence-corrected chi connectivity index (χ4v) is 2.63. The van der Waals surface area contributed by atoms with Gasteiger partial charge < -0.3 is 18.9 Å². The zero-order valence-electron chi connectivity index (χ0n) is 13.3. The van der Waals surface area contributed by atoms with Crippen LogP contribution in [0.15, 0.2) is 24.2 Å². The maximum atomic E-state index is 11.9. The Balaban J connectivity index is 1.71. The first kappa shape index (κ1) is 15.5. The van der Waals surface area contributed by atoms with Crippen LogP contribution in [0.5, 0.6) is 0 Å². The maximum absolute atomic E-state index is 11.9. The Bertz CT molecular complexity index is 682. The van der Waals surface area contributed by atoms with E-state index in [4.69, 9.17) is 18.9 Å². The zero-order chi connectivity index (χ0) is 16.4. The minimum Gasteiger partial charge on any atom is -0.454 e. The summed E-state index contributed by atoms with van der Waals surface area (Å²) in [5, 5.41) is 0. The highest BCUT2D eigenvalue weighted by Gasteiger charge is 2.72. The highest BCUT2D eigenvalue weighted by Crippen LogP contribution is 2.53. The molecule has 0 saturated carbocycles. The molecule has 0 radical (unpaired) electrons. The molecule has 0 N–H and O–H groups in total. The Morgan fingerprint density at radius 3 is 3.04 bits per heavy atom. The minimum absolute atomic E-state index is 0.204. The fraction of sp³-hybridized carbons (Fsp3) is 0.500. The van der Waals surface area contributed by atoms with Crippen molar-refractivity contribution in [3.8, 4) is 23.7 Å². The molecule has 1 spiro atoms. The number of ether oxygens (including phenoxy) is 4. The van der Waals surface area contributed by atoms with E-state index >= 15 is 0 Å². The maximum Gasteiger partial charge on any atom is 0.321 e. The normalized spacial score (nSPS) is 34.1. The van der Waals surface area contributed by atoms with Crippen molar-refractivity contribution in [2.75, 3.05) is 0 Å². The molecule has 0 amide bonds. The van der Waals surface area contributed by atoms with E-state index in [1.165, 1.54) is 6.26 Å². The Kier molecular flexibility index (Phi) is 4.07. The zero-order valence-corrected chi connectivity index (χ0v) is 13.3. The van der Waals surface area contributed by atoms with Crippen LogP contribution < -0.4 is 0 Å². The monoisotopic (exact) mass is 314 g/mol. The highest BCUT2D eigenvalue weighted by molar-refractivity contribution is 5.70. The summed E-state index contributed by atoms with van der Waals surface area (Å²) in [5.41, 5.74) is 0. The van der Waals surface area contributed by atoms with Crippen molar-refractivity contribution in [3.05, 3.63) is 24.2 Å². The third kappa shape index (κ3) is 2.93. The number of rotatable bonds is 3. The van der Waals surface area contributed by atoms with Crippen LogP contribution in [-0.4, -0.2) is 30.1 Å². The first-order chi connectivity index (χ1) is 11.1. The number of hydrogen-bond acceptors (Lipinski definition) is 5. The molecular formula is C18H18O5. The molecule has 0 unspecified atom stereocenters. The molecule has 0 aromatic carbocycles. The van der Waals surface area contributed by atoms with Crippen molar-refractivity contribution < 1.29 is 23.7 Å². The van der Waals surface area contributed by atoms with Gasteiger partial charge in [-0.2, -0.15) is 0 Å². The van der Waals surface area contributed by atoms with Gasteiger partial charge in [0.2, 0.25) is 6.10 Å². The second-order valence-electron chi connectivity index (χ2n) is 5.95. The van der Waals surface area contributed by atoms with Gasteiger partial charge in [0, 0.05) is 12.5 Å². The van der Waals surface area contributed by atoms with Crippen molar-refractivity contribution in [2.45, 2.75) is 51.3 Å². The van der Waals surface area contributed by atoms with Crippen molar-refractivity contribution in [1.29, 1.82) is 0 Å². The Morgan fingerprint density at radius 1 is 1.48 bits per heavy atom. The fourth-order valence-electron chi connectivity index (χ4n) is 2.63. The number of allylic oxidation sites excluding steroid dienone is 1. The van der Waals surface area contributed by atoms with E-state index in [2.05, 4.69) is 23.7 Å². The molecule has 2 saturated heterocycles. The minimum atomic E-state index is -1.12. The van der Waals surface area contributed by atoms with Gasteiger partial charge in [-0.1, -0.05) is 25.7 Å². The molecule has 0 aliphatic carbocycles. The van der Waals surface area contributed by atoms with E-state index in [0.717, 1.165) is 0 Å². The third-order valence-corrected chi connectivity index (χ3v) is 3.66. The topological polar surface area (TPSA) is 57.3 Å². The van der Waals surface area contributed by atoms with Crippen LogP contribution >= 0.6 is 0 Å². The molecule has 0 bridgehead atoms. The number of carbonyl (C=O) groups excluding carboxylic acids is 1. The lowest BCUT2D eigenvalue weighted by Gasteiger charge is -2.30. The molecule has 3 aliphatic heterocycles. The molecule has 0 aromatic rings. The highest BCUT2D eigenvalue weighted by atomic mass is 16.8. The number of epoxide rings is 1. The van der Waals surface area contributed by atoms with E-state index in [1.54, 1.807) is 19.1 Å². The van der Waals surface area contributed by atoms with Gasteiger partial charge in [0.15, 0.2) is 12.2 Å². The second-order valence-corrected chi connectivity index (χ2v) is 5.95. The van der Waals surface area contributed by atoms with Gasteiger partial charge in [0.25, 0.3) is 0 Å². The van der Waals surface area contributed by atoms with E-state index in [9.17, 15) is 4.79 Å². The Labute approximate surface area is 135 Å². The van der Waals surface area contributed by atoms with Crippen molar-refractivity contribution in [3.63, 3.8) is 0 Å². The summed E-state index contributed by atoms with van der Waals surface area (Å²) < 4.78 is 22.6. The van der Waals surface area contributed by atoms with Gasteiger partial charge >= 0.3 is 11.8 Å². The molecule has 3 aliphatic rings. The Morgan fingerprint density at radius 2 is 2.30 bits per heavy atom. The molecule has 120 valence electrons. The molecule has 5 nitrogen and oxygen atoms in total. The van der Waals surface area contributed by atoms with E-state index in [1.807, 2.05) is 13.8 Å². The number of fused-ring (bicyclic) bond motifs is 2. The van der Waals surface area contributed by atoms with Crippen molar-refractivity contribution in [2.24, 2.45) is 5.92 Å². The summed E-state index contributed by atoms with van der Waals surface area (Å²) in [6, 6.07) is 0. The van der Waals surface area contributed by atoms with Crippen molar-refractivity contribution >= 4 is 5.97 Å². The Hall–Kier alpha value is -2.37. The molecule has 2 fully saturated rings. The van der Waals surface area contributed by atoms with Crippen LogP contribution in [-0.2, 0) is 23.7 Å². The lowest BCUT2D eigenvalue weighted by molar-refractivity contribution is -0.228. The molecule has 3 rings (SSSR count). The predicted octanol–water partition coefficient (Wildman–Crippen LogP) is 1.89. The van der Waals surface area contributed by atoms with Gasteiger partial charge in [-0.3, -0.25) is 4.79 Å². The van der Waals surface area contributed by atoms with E-state index < -0.39 is 11.9 Å². The second kappa shape index (κ2) is 6.02. The van der Waals surface area contributed by atoms with Gasteiger partial charge in [-0.15, -0.1) is 0 Å². The first-order valence-electron chi connectivity index (χ1n) is 7.57. The number of esters is 1. The van der Waals surface area contributed by atoms with Gasteiger partial charge in [-0.05, 0) is 30.8 Å². The molecule has 4 atom stereocenters. The molecule has 5 heteroatoms. The lowest BCUT2D eigenvalue weighted by Crippen LogP contribution is -2.47. The van der Waals surface area contributed by atoms with Gasteiger partial charge in [0.1, 0.15) is 5.76 Å². The summed E-state index contributed by atoms with van der Waals surface area (Å²) in [4.78, 5) is 11.9. The average Bonchev–Trinajstić information content (AvgIpc) is 3.12. The molecule has 0 aromatic heterocycles. The van der Waals surface area contributed by atoms with Crippen LogP contribution in [0.4, 0.5) is 0 Å². The largest absolute Gasteiger partial charge is 0.454 e. The molecular weight excluding hydrogens is 296 g/mol. The summed E-state index contributed by atoms with van der Waals surface area (Å²) in [7, 11) is 0. The van der Waals surface area contributed by atoms with Crippen LogP contribution in [0, 0.1) is 29.6 Å². The quantitative estimate of drug-likeness (QED) is 0.452. The lowest BCUT2D eigenvalue weighted by atomic mass is 10.1. The van der Waals surface area contributed by atoms with Crippen LogP contribution in [0.2, 0.25) is 0 Å². The number of carbonyl (C=O) groups is 1. The predicted molar refractivity (Wildman–Crippen MR) is 81.3 cm³/mol.